The molecule has 2 unspecified atom stereocenters. The maximum absolute atomic E-state index is 14.4. The second-order valence-electron chi connectivity index (χ2n) is 7.47. The minimum atomic E-state index is -0.490. The summed E-state index contributed by atoms with van der Waals surface area (Å²) in [5.74, 6) is 0.425. The van der Waals surface area contributed by atoms with Crippen LogP contribution in [-0.2, 0) is 0 Å². The SMILES string of the molecule is CCC12CCNCC1c1cc(-c3c(F)cccc3F)cc3c1N2CCS3. The molecule has 0 radical (unpaired) electrons. The lowest BCUT2D eigenvalue weighted by Crippen LogP contribution is -2.56. The molecule has 2 atom stereocenters. The van der Waals surface area contributed by atoms with E-state index < -0.39 is 11.6 Å². The maximum atomic E-state index is 14.4. The molecular weight excluding hydrogens is 350 g/mol. The minimum Gasteiger partial charge on any atom is -0.363 e. The van der Waals surface area contributed by atoms with Gasteiger partial charge in [0.15, 0.2) is 0 Å². The van der Waals surface area contributed by atoms with Crippen molar-refractivity contribution in [1.82, 2.24) is 5.32 Å². The van der Waals surface area contributed by atoms with Crippen molar-refractivity contribution in [2.24, 2.45) is 0 Å². The number of nitrogens with zero attached hydrogens (tertiary/aromatic N) is 1. The Morgan fingerprint density at radius 2 is 2.08 bits per heavy atom. The van der Waals surface area contributed by atoms with Gasteiger partial charge in [0.1, 0.15) is 11.6 Å². The van der Waals surface area contributed by atoms with Crippen molar-refractivity contribution < 1.29 is 8.78 Å². The van der Waals surface area contributed by atoms with Crippen molar-refractivity contribution in [2.75, 3.05) is 30.3 Å². The summed E-state index contributed by atoms with van der Waals surface area (Å²) in [4.78, 5) is 3.79. The van der Waals surface area contributed by atoms with E-state index in [0.29, 0.717) is 11.5 Å². The first-order valence-corrected chi connectivity index (χ1v) is 10.4. The van der Waals surface area contributed by atoms with E-state index in [2.05, 4.69) is 17.1 Å². The quantitative estimate of drug-likeness (QED) is 0.816. The molecule has 3 aliphatic heterocycles. The van der Waals surface area contributed by atoms with Crippen LogP contribution in [0.4, 0.5) is 14.5 Å². The highest BCUT2D eigenvalue weighted by Crippen LogP contribution is 2.57. The molecular formula is C21H22F2N2S. The number of benzene rings is 2. The number of hydrogen-bond acceptors (Lipinski definition) is 3. The molecule has 3 aliphatic rings. The number of piperidine rings is 1. The second-order valence-corrected chi connectivity index (χ2v) is 8.61. The average Bonchev–Trinajstić information content (AvgIpc) is 2.94. The molecule has 1 N–H and O–H groups in total. The molecule has 3 heterocycles. The fraction of sp³-hybridized carbons (Fsp3) is 0.429. The highest BCUT2D eigenvalue weighted by Gasteiger charge is 2.52. The van der Waals surface area contributed by atoms with E-state index in [-0.39, 0.29) is 11.1 Å². The largest absolute Gasteiger partial charge is 0.363 e. The third-order valence-corrected chi connectivity index (χ3v) is 7.46. The average molecular weight is 372 g/mol. The molecule has 5 heteroatoms. The van der Waals surface area contributed by atoms with E-state index >= 15 is 0 Å². The summed E-state index contributed by atoms with van der Waals surface area (Å²) in [5.41, 5.74) is 3.50. The highest BCUT2D eigenvalue weighted by atomic mass is 32.2. The van der Waals surface area contributed by atoms with Crippen LogP contribution in [0.2, 0.25) is 0 Å². The Balaban J connectivity index is 1.74. The van der Waals surface area contributed by atoms with Gasteiger partial charge in [-0.05, 0) is 54.8 Å². The molecule has 26 heavy (non-hydrogen) atoms. The molecule has 1 saturated heterocycles. The van der Waals surface area contributed by atoms with Gasteiger partial charge >= 0.3 is 0 Å². The number of rotatable bonds is 2. The van der Waals surface area contributed by atoms with E-state index in [9.17, 15) is 8.78 Å². The number of fused-ring (bicyclic) bond motifs is 3. The van der Waals surface area contributed by atoms with Gasteiger partial charge in [-0.3, -0.25) is 0 Å². The molecule has 0 aliphatic carbocycles. The molecule has 2 aromatic rings. The van der Waals surface area contributed by atoms with Crippen molar-refractivity contribution in [2.45, 2.75) is 36.1 Å². The minimum absolute atomic E-state index is 0.0991. The first-order chi connectivity index (χ1) is 12.7. The van der Waals surface area contributed by atoms with Gasteiger partial charge in [-0.25, -0.2) is 8.78 Å². The molecule has 0 spiro atoms. The highest BCUT2D eigenvalue weighted by molar-refractivity contribution is 7.99. The first-order valence-electron chi connectivity index (χ1n) is 9.39. The van der Waals surface area contributed by atoms with Gasteiger partial charge < -0.3 is 10.2 Å². The smallest absolute Gasteiger partial charge is 0.133 e. The summed E-state index contributed by atoms with van der Waals surface area (Å²) < 4.78 is 28.8. The third kappa shape index (κ3) is 2.13. The summed E-state index contributed by atoms with van der Waals surface area (Å²) in [6.45, 7) is 5.31. The third-order valence-electron chi connectivity index (χ3n) is 6.46. The van der Waals surface area contributed by atoms with Crippen LogP contribution in [0.3, 0.4) is 0 Å². The molecule has 1 fully saturated rings. The van der Waals surface area contributed by atoms with E-state index in [4.69, 9.17) is 0 Å². The Bertz CT molecular complexity index is 864. The van der Waals surface area contributed by atoms with Crippen LogP contribution in [0.25, 0.3) is 11.1 Å². The zero-order valence-electron chi connectivity index (χ0n) is 14.8. The summed E-state index contributed by atoms with van der Waals surface area (Å²) >= 11 is 1.81. The van der Waals surface area contributed by atoms with Crippen molar-refractivity contribution >= 4 is 17.4 Å². The van der Waals surface area contributed by atoms with Crippen molar-refractivity contribution in [1.29, 1.82) is 0 Å². The van der Waals surface area contributed by atoms with E-state index in [0.717, 1.165) is 38.2 Å². The van der Waals surface area contributed by atoms with Gasteiger partial charge in [-0.2, -0.15) is 0 Å². The zero-order valence-corrected chi connectivity index (χ0v) is 15.6. The summed E-state index contributed by atoms with van der Waals surface area (Å²) in [6.07, 6.45) is 2.22. The lowest BCUT2D eigenvalue weighted by atomic mass is 9.75. The van der Waals surface area contributed by atoms with Crippen LogP contribution < -0.4 is 10.2 Å². The second kappa shape index (κ2) is 5.96. The Morgan fingerprint density at radius 1 is 1.27 bits per heavy atom. The topological polar surface area (TPSA) is 15.3 Å². The fourth-order valence-electron chi connectivity index (χ4n) is 5.27. The normalized spacial score (nSPS) is 26.6. The molecule has 136 valence electrons. The van der Waals surface area contributed by atoms with Crippen LogP contribution in [0.1, 0.15) is 31.2 Å². The molecule has 0 aromatic heterocycles. The van der Waals surface area contributed by atoms with Crippen molar-refractivity contribution in [3.05, 3.63) is 47.5 Å². The van der Waals surface area contributed by atoms with Crippen LogP contribution in [0, 0.1) is 11.6 Å². The molecule has 0 amide bonds. The number of thioether (sulfide) groups is 1. The predicted octanol–water partition coefficient (Wildman–Crippen LogP) is 4.78. The van der Waals surface area contributed by atoms with Gasteiger partial charge in [0.05, 0.1) is 11.3 Å². The van der Waals surface area contributed by atoms with Crippen LogP contribution in [0.15, 0.2) is 35.2 Å². The van der Waals surface area contributed by atoms with Crippen LogP contribution in [-0.4, -0.2) is 30.9 Å². The van der Waals surface area contributed by atoms with Crippen molar-refractivity contribution in [3.63, 3.8) is 0 Å². The molecule has 2 nitrogen and oxygen atoms in total. The van der Waals surface area contributed by atoms with E-state index in [1.165, 1.54) is 34.3 Å². The molecule has 0 saturated carbocycles. The first kappa shape index (κ1) is 16.6. The molecule has 2 aromatic carbocycles. The summed E-state index contributed by atoms with van der Waals surface area (Å²) in [5, 5.41) is 3.54. The Labute approximate surface area is 157 Å². The zero-order chi connectivity index (χ0) is 17.9. The van der Waals surface area contributed by atoms with Crippen LogP contribution in [0.5, 0.6) is 0 Å². The van der Waals surface area contributed by atoms with Gasteiger partial charge in [0.25, 0.3) is 0 Å². The molecule has 5 rings (SSSR count). The maximum Gasteiger partial charge on any atom is 0.133 e. The standard InChI is InChI=1S/C21H22F2N2S/c1-2-21-6-7-24-12-15(21)14-10-13(19-16(22)4-3-5-17(19)23)11-18-20(14)25(21)8-9-26-18/h3-5,10-11,15,24H,2,6-9,12H2,1H3. The van der Waals surface area contributed by atoms with Gasteiger partial charge in [-0.1, -0.05) is 13.0 Å². The van der Waals surface area contributed by atoms with Crippen molar-refractivity contribution in [3.8, 4) is 11.1 Å². The Morgan fingerprint density at radius 3 is 2.85 bits per heavy atom. The molecule has 0 bridgehead atoms. The van der Waals surface area contributed by atoms with E-state index in [1.54, 1.807) is 0 Å². The Kier molecular flexibility index (Phi) is 3.80. The Hall–Kier alpha value is -1.59. The van der Waals surface area contributed by atoms with E-state index in [1.807, 2.05) is 23.9 Å². The predicted molar refractivity (Wildman–Crippen MR) is 103 cm³/mol. The monoisotopic (exact) mass is 372 g/mol. The fourth-order valence-corrected chi connectivity index (χ4v) is 6.34. The van der Waals surface area contributed by atoms with Gasteiger partial charge in [0.2, 0.25) is 0 Å². The number of nitrogens with one attached hydrogen (secondary N) is 1. The summed E-state index contributed by atoms with van der Waals surface area (Å²) in [6, 6.07) is 8.15. The lowest BCUT2D eigenvalue weighted by Gasteiger charge is -2.47. The number of halogens is 2. The lowest BCUT2D eigenvalue weighted by molar-refractivity contribution is 0.259. The van der Waals surface area contributed by atoms with Gasteiger partial charge in [-0.15, -0.1) is 11.8 Å². The number of hydrogen-bond donors (Lipinski definition) is 1. The summed E-state index contributed by atoms with van der Waals surface area (Å²) in [7, 11) is 0. The van der Waals surface area contributed by atoms with Gasteiger partial charge in [0, 0.05) is 35.2 Å². The number of anilines is 1. The van der Waals surface area contributed by atoms with Crippen LogP contribution >= 0.6 is 11.8 Å².